The van der Waals surface area contributed by atoms with Crippen LogP contribution in [0, 0.1) is 5.41 Å². The zero-order valence-corrected chi connectivity index (χ0v) is 14.1. The van der Waals surface area contributed by atoms with Gasteiger partial charge in [-0.1, -0.05) is 15.9 Å². The summed E-state index contributed by atoms with van der Waals surface area (Å²) >= 11 is 3.54. The highest BCUT2D eigenvalue weighted by Gasteiger charge is 2.40. The third kappa shape index (κ3) is 3.32. The van der Waals surface area contributed by atoms with E-state index in [0.29, 0.717) is 19.5 Å². The van der Waals surface area contributed by atoms with Gasteiger partial charge in [0.05, 0.1) is 19.6 Å². The number of ether oxygens (including phenoxy) is 2. The van der Waals surface area contributed by atoms with Crippen molar-refractivity contribution in [3.8, 4) is 11.5 Å². The predicted octanol–water partition coefficient (Wildman–Crippen LogP) is 2.76. The number of halogens is 1. The molecule has 1 aromatic carbocycles. The van der Waals surface area contributed by atoms with Crippen LogP contribution in [0.4, 0.5) is 0 Å². The van der Waals surface area contributed by atoms with Gasteiger partial charge in [0.15, 0.2) is 0 Å². The van der Waals surface area contributed by atoms with Crippen molar-refractivity contribution in [2.24, 2.45) is 5.41 Å². The van der Waals surface area contributed by atoms with Gasteiger partial charge in [-0.25, -0.2) is 0 Å². The van der Waals surface area contributed by atoms with E-state index >= 15 is 0 Å². The Morgan fingerprint density at radius 1 is 1.43 bits per heavy atom. The summed E-state index contributed by atoms with van der Waals surface area (Å²) in [6.45, 7) is 3.76. The fourth-order valence-corrected chi connectivity index (χ4v) is 3.18. The Balaban J connectivity index is 2.19. The largest absolute Gasteiger partial charge is 0.497 e. The third-order valence-corrected chi connectivity index (χ3v) is 4.74. The first-order valence-electron chi connectivity index (χ1n) is 6.76. The summed E-state index contributed by atoms with van der Waals surface area (Å²) in [5.41, 5.74) is 0.347. The molecule has 6 heteroatoms. The molecule has 0 aromatic heterocycles. The first-order chi connectivity index (χ1) is 9.89. The average Bonchev–Trinajstić information content (AvgIpc) is 2.83. The molecule has 0 bridgehead atoms. The van der Waals surface area contributed by atoms with E-state index < -0.39 is 11.4 Å². The van der Waals surface area contributed by atoms with Crippen molar-refractivity contribution in [1.29, 1.82) is 0 Å². The number of carboxylic acid groups (broad SMARTS) is 1. The SMILES string of the molecule is COc1cc(Br)c(CN2CCC(C)(C(=O)O)C2)c(OC)c1. The molecule has 1 heterocycles. The molecule has 2 rings (SSSR count). The van der Waals surface area contributed by atoms with E-state index in [1.54, 1.807) is 21.1 Å². The molecule has 1 aliphatic heterocycles. The van der Waals surface area contributed by atoms with Crippen LogP contribution < -0.4 is 9.47 Å². The minimum absolute atomic E-state index is 0.546. The number of rotatable bonds is 5. The molecule has 1 saturated heterocycles. The van der Waals surface area contributed by atoms with Gasteiger partial charge >= 0.3 is 5.97 Å². The quantitative estimate of drug-likeness (QED) is 0.877. The van der Waals surface area contributed by atoms with Gasteiger partial charge in [-0.3, -0.25) is 9.69 Å². The Labute approximate surface area is 133 Å². The molecular weight excluding hydrogens is 338 g/mol. The second-order valence-corrected chi connectivity index (χ2v) is 6.47. The molecule has 5 nitrogen and oxygen atoms in total. The van der Waals surface area contributed by atoms with Crippen molar-refractivity contribution in [1.82, 2.24) is 4.90 Å². The summed E-state index contributed by atoms with van der Waals surface area (Å²) < 4.78 is 11.6. The van der Waals surface area contributed by atoms with E-state index in [4.69, 9.17) is 9.47 Å². The van der Waals surface area contributed by atoms with Crippen LogP contribution in [0.3, 0.4) is 0 Å². The number of hydrogen-bond acceptors (Lipinski definition) is 4. The van der Waals surface area contributed by atoms with Gasteiger partial charge in [0.2, 0.25) is 0 Å². The van der Waals surface area contributed by atoms with Gasteiger partial charge in [0.1, 0.15) is 11.5 Å². The van der Waals surface area contributed by atoms with Crippen molar-refractivity contribution in [3.05, 3.63) is 22.2 Å². The molecule has 1 aromatic rings. The number of aliphatic carboxylic acids is 1. The predicted molar refractivity (Wildman–Crippen MR) is 82.9 cm³/mol. The van der Waals surface area contributed by atoms with Gasteiger partial charge in [-0.05, 0) is 26.0 Å². The van der Waals surface area contributed by atoms with E-state index in [1.807, 2.05) is 12.1 Å². The van der Waals surface area contributed by atoms with E-state index in [9.17, 15) is 9.90 Å². The summed E-state index contributed by atoms with van der Waals surface area (Å²) in [5.74, 6) is 0.732. The molecule has 21 heavy (non-hydrogen) atoms. The minimum Gasteiger partial charge on any atom is -0.497 e. The van der Waals surface area contributed by atoms with E-state index in [2.05, 4.69) is 20.8 Å². The topological polar surface area (TPSA) is 59.0 Å². The van der Waals surface area contributed by atoms with Crippen LogP contribution >= 0.6 is 15.9 Å². The molecule has 0 amide bonds. The molecule has 1 atom stereocenters. The highest BCUT2D eigenvalue weighted by atomic mass is 79.9. The number of nitrogens with zero attached hydrogens (tertiary/aromatic N) is 1. The van der Waals surface area contributed by atoms with Crippen molar-refractivity contribution in [3.63, 3.8) is 0 Å². The first-order valence-corrected chi connectivity index (χ1v) is 7.55. The number of benzene rings is 1. The lowest BCUT2D eigenvalue weighted by Crippen LogP contribution is -2.31. The Morgan fingerprint density at radius 2 is 2.14 bits per heavy atom. The van der Waals surface area contributed by atoms with Gasteiger partial charge in [0, 0.05) is 29.2 Å². The van der Waals surface area contributed by atoms with Crippen molar-refractivity contribution < 1.29 is 19.4 Å². The first kappa shape index (κ1) is 16.1. The van der Waals surface area contributed by atoms with Crippen LogP contribution in [0.2, 0.25) is 0 Å². The third-order valence-electron chi connectivity index (χ3n) is 4.03. The normalized spacial score (nSPS) is 22.3. The van der Waals surface area contributed by atoms with Gasteiger partial charge in [-0.15, -0.1) is 0 Å². The van der Waals surface area contributed by atoms with E-state index in [0.717, 1.165) is 28.1 Å². The van der Waals surface area contributed by atoms with Gasteiger partial charge in [0.25, 0.3) is 0 Å². The van der Waals surface area contributed by atoms with Crippen LogP contribution in [0.1, 0.15) is 18.9 Å². The van der Waals surface area contributed by atoms with Gasteiger partial charge < -0.3 is 14.6 Å². The van der Waals surface area contributed by atoms with Crippen LogP contribution in [0.15, 0.2) is 16.6 Å². The van der Waals surface area contributed by atoms with E-state index in [1.165, 1.54) is 0 Å². The molecule has 0 saturated carbocycles. The fourth-order valence-electron chi connectivity index (χ4n) is 2.63. The van der Waals surface area contributed by atoms with Gasteiger partial charge in [-0.2, -0.15) is 0 Å². The molecule has 0 radical (unpaired) electrons. The van der Waals surface area contributed by atoms with Crippen LogP contribution in [-0.4, -0.2) is 43.3 Å². The smallest absolute Gasteiger partial charge is 0.310 e. The average molecular weight is 358 g/mol. The highest BCUT2D eigenvalue weighted by molar-refractivity contribution is 9.10. The Bertz CT molecular complexity index is 549. The Hall–Kier alpha value is -1.27. The molecule has 1 N–H and O–H groups in total. The molecular formula is C15H20BrNO4. The maximum atomic E-state index is 11.3. The molecule has 0 spiro atoms. The lowest BCUT2D eigenvalue weighted by molar-refractivity contribution is -0.147. The number of hydrogen-bond donors (Lipinski definition) is 1. The maximum Gasteiger partial charge on any atom is 0.310 e. The molecule has 116 valence electrons. The van der Waals surface area contributed by atoms with Crippen molar-refractivity contribution >= 4 is 21.9 Å². The number of carbonyl (C=O) groups is 1. The van der Waals surface area contributed by atoms with Crippen LogP contribution in [0.25, 0.3) is 0 Å². The highest BCUT2D eigenvalue weighted by Crippen LogP contribution is 2.36. The summed E-state index contributed by atoms with van der Waals surface area (Å²) in [6.07, 6.45) is 0.665. The fraction of sp³-hybridized carbons (Fsp3) is 0.533. The lowest BCUT2D eigenvalue weighted by atomic mass is 9.90. The zero-order valence-electron chi connectivity index (χ0n) is 12.5. The number of carboxylic acids is 1. The summed E-state index contributed by atoms with van der Waals surface area (Å²) in [7, 11) is 3.23. The molecule has 1 aliphatic rings. The van der Waals surface area contributed by atoms with E-state index in [-0.39, 0.29) is 0 Å². The summed E-state index contributed by atoms with van der Waals surface area (Å²) in [4.78, 5) is 13.5. The summed E-state index contributed by atoms with van der Waals surface area (Å²) in [6, 6.07) is 3.73. The molecule has 1 fully saturated rings. The lowest BCUT2D eigenvalue weighted by Gasteiger charge is -2.22. The van der Waals surface area contributed by atoms with Crippen LogP contribution in [0.5, 0.6) is 11.5 Å². The molecule has 0 aliphatic carbocycles. The second kappa shape index (κ2) is 6.23. The number of methoxy groups -OCH3 is 2. The zero-order chi connectivity index (χ0) is 15.6. The monoisotopic (exact) mass is 357 g/mol. The maximum absolute atomic E-state index is 11.3. The Morgan fingerprint density at radius 3 is 2.67 bits per heavy atom. The van der Waals surface area contributed by atoms with Crippen molar-refractivity contribution in [2.75, 3.05) is 27.3 Å². The molecule has 1 unspecified atom stereocenters. The standard InChI is InChI=1S/C15H20BrNO4/c1-15(14(18)19)4-5-17(9-15)8-11-12(16)6-10(20-2)7-13(11)21-3/h6-7H,4-5,8-9H2,1-3H3,(H,18,19). The second-order valence-electron chi connectivity index (χ2n) is 5.62. The minimum atomic E-state index is -0.731. The van der Waals surface area contributed by atoms with Crippen molar-refractivity contribution in [2.45, 2.75) is 19.9 Å². The summed E-state index contributed by atoms with van der Waals surface area (Å²) in [5, 5.41) is 9.30. The van der Waals surface area contributed by atoms with Crippen LogP contribution in [-0.2, 0) is 11.3 Å². The Kier molecular flexibility index (Phi) is 4.78. The number of likely N-dealkylation sites (tertiary alicyclic amines) is 1.